The fraction of sp³-hybridized carbons (Fsp3) is 0.316. The number of carbonyl (C=O) groups excluding carboxylic acids is 1. The maximum Gasteiger partial charge on any atom is 0.311 e. The summed E-state index contributed by atoms with van der Waals surface area (Å²) in [5.74, 6) is 0.585. The minimum atomic E-state index is -0.570. The monoisotopic (exact) mass is 358 g/mol. The molecule has 138 valence electrons. The fourth-order valence-electron chi connectivity index (χ4n) is 2.64. The van der Waals surface area contributed by atoms with Crippen LogP contribution in [0.2, 0.25) is 0 Å². The molecule has 2 aromatic rings. The lowest BCUT2D eigenvalue weighted by molar-refractivity contribution is -0.385. The van der Waals surface area contributed by atoms with Crippen LogP contribution in [0.15, 0.2) is 42.5 Å². The number of methoxy groups -OCH3 is 2. The minimum absolute atomic E-state index is 0.113. The summed E-state index contributed by atoms with van der Waals surface area (Å²) in [6, 6.07) is 11.3. The Hall–Kier alpha value is -3.09. The second-order valence-corrected chi connectivity index (χ2v) is 6.11. The van der Waals surface area contributed by atoms with Crippen molar-refractivity contribution < 1.29 is 19.2 Å². The van der Waals surface area contributed by atoms with Crippen molar-refractivity contribution in [2.45, 2.75) is 19.9 Å². The molecule has 0 spiro atoms. The summed E-state index contributed by atoms with van der Waals surface area (Å²) in [4.78, 5) is 23.2. The first-order chi connectivity index (χ1) is 12.4. The third kappa shape index (κ3) is 4.30. The van der Waals surface area contributed by atoms with Gasteiger partial charge < -0.3 is 14.8 Å². The molecule has 0 aliphatic heterocycles. The highest BCUT2D eigenvalue weighted by Gasteiger charge is 2.22. The molecule has 26 heavy (non-hydrogen) atoms. The maximum absolute atomic E-state index is 12.6. The molecule has 1 atom stereocenters. The molecule has 0 radical (unpaired) electrons. The zero-order valence-electron chi connectivity index (χ0n) is 15.2. The average Bonchev–Trinajstić information content (AvgIpc) is 2.65. The van der Waals surface area contributed by atoms with Crippen LogP contribution >= 0.6 is 0 Å². The molecule has 0 heterocycles. The number of nitrogens with one attached hydrogen (secondary N) is 1. The van der Waals surface area contributed by atoms with Crippen molar-refractivity contribution >= 4 is 11.6 Å². The first kappa shape index (κ1) is 19.2. The standard InChI is InChI=1S/C19H22N2O5/c1-12(2)18(13-5-8-15(25-3)9-6-13)20-19(22)14-7-10-17(26-4)16(11-14)21(23)24/h5-12,18H,1-4H3,(H,20,22)/t18-/m0/s1. The molecule has 7 heteroatoms. The summed E-state index contributed by atoms with van der Waals surface area (Å²) in [7, 11) is 2.94. The largest absolute Gasteiger partial charge is 0.497 e. The Bertz CT molecular complexity index is 787. The van der Waals surface area contributed by atoms with Gasteiger partial charge >= 0.3 is 5.69 Å². The van der Waals surface area contributed by atoms with Crippen LogP contribution in [0.1, 0.15) is 35.8 Å². The van der Waals surface area contributed by atoms with Crippen LogP contribution in [0.25, 0.3) is 0 Å². The third-order valence-corrected chi connectivity index (χ3v) is 4.07. The number of benzene rings is 2. The molecule has 0 fully saturated rings. The molecular formula is C19H22N2O5. The normalized spacial score (nSPS) is 11.7. The van der Waals surface area contributed by atoms with Gasteiger partial charge in [0.1, 0.15) is 5.75 Å². The van der Waals surface area contributed by atoms with E-state index in [0.717, 1.165) is 11.3 Å². The van der Waals surface area contributed by atoms with Crippen LogP contribution < -0.4 is 14.8 Å². The van der Waals surface area contributed by atoms with Crippen LogP contribution in [0, 0.1) is 16.0 Å². The fourth-order valence-corrected chi connectivity index (χ4v) is 2.64. The molecule has 0 aliphatic rings. The number of ether oxygens (including phenoxy) is 2. The summed E-state index contributed by atoms with van der Waals surface area (Å²) in [6.45, 7) is 3.98. The number of rotatable bonds is 7. The molecule has 2 aromatic carbocycles. The van der Waals surface area contributed by atoms with Crippen molar-refractivity contribution in [2.75, 3.05) is 14.2 Å². The molecule has 0 bridgehead atoms. The summed E-state index contributed by atoms with van der Waals surface area (Å²) < 4.78 is 10.1. The Labute approximate surface area is 152 Å². The lowest BCUT2D eigenvalue weighted by Gasteiger charge is -2.23. The van der Waals surface area contributed by atoms with E-state index in [1.807, 2.05) is 38.1 Å². The van der Waals surface area contributed by atoms with Crippen molar-refractivity contribution in [3.63, 3.8) is 0 Å². The zero-order valence-corrected chi connectivity index (χ0v) is 15.2. The lowest BCUT2D eigenvalue weighted by atomic mass is 9.95. The van der Waals surface area contributed by atoms with E-state index in [0.29, 0.717) is 0 Å². The predicted molar refractivity (Wildman–Crippen MR) is 97.7 cm³/mol. The van der Waals surface area contributed by atoms with E-state index in [2.05, 4.69) is 5.32 Å². The van der Waals surface area contributed by atoms with Gasteiger partial charge in [-0.3, -0.25) is 14.9 Å². The second kappa shape index (κ2) is 8.33. The summed E-state index contributed by atoms with van der Waals surface area (Å²) in [5.41, 5.74) is 0.888. The number of nitrogens with zero attached hydrogens (tertiary/aromatic N) is 1. The zero-order chi connectivity index (χ0) is 19.3. The Balaban J connectivity index is 2.27. The van der Waals surface area contributed by atoms with Gasteiger partial charge in [0.2, 0.25) is 0 Å². The number of nitro benzene ring substituents is 1. The first-order valence-corrected chi connectivity index (χ1v) is 8.14. The van der Waals surface area contributed by atoms with Gasteiger partial charge in [0.25, 0.3) is 5.91 Å². The summed E-state index contributed by atoms with van der Waals surface area (Å²) in [6.07, 6.45) is 0. The smallest absolute Gasteiger partial charge is 0.311 e. The molecule has 0 saturated heterocycles. The first-order valence-electron chi connectivity index (χ1n) is 8.14. The molecule has 7 nitrogen and oxygen atoms in total. The SMILES string of the molecule is COc1ccc([C@@H](NC(=O)c2ccc(OC)c([N+](=O)[O-])c2)C(C)C)cc1. The summed E-state index contributed by atoms with van der Waals surface area (Å²) >= 11 is 0. The Morgan fingerprint density at radius 1 is 1.08 bits per heavy atom. The molecule has 1 N–H and O–H groups in total. The highest BCUT2D eigenvalue weighted by atomic mass is 16.6. The minimum Gasteiger partial charge on any atom is -0.497 e. The van der Waals surface area contributed by atoms with Gasteiger partial charge in [-0.05, 0) is 35.7 Å². The molecule has 0 aliphatic carbocycles. The highest BCUT2D eigenvalue weighted by molar-refractivity contribution is 5.95. The number of carbonyl (C=O) groups is 1. The quantitative estimate of drug-likeness (QED) is 0.601. The lowest BCUT2D eigenvalue weighted by Crippen LogP contribution is -2.31. The van der Waals surface area contributed by atoms with Gasteiger partial charge in [0.15, 0.2) is 5.75 Å². The molecule has 0 aromatic heterocycles. The van der Waals surface area contributed by atoms with E-state index in [1.54, 1.807) is 7.11 Å². The van der Waals surface area contributed by atoms with Gasteiger partial charge in [0.05, 0.1) is 25.2 Å². The number of hydrogen-bond acceptors (Lipinski definition) is 5. The van der Waals surface area contributed by atoms with Gasteiger partial charge in [-0.1, -0.05) is 26.0 Å². The Kier molecular flexibility index (Phi) is 6.16. The van der Waals surface area contributed by atoms with Crippen molar-refractivity contribution in [3.05, 3.63) is 63.7 Å². The van der Waals surface area contributed by atoms with Gasteiger partial charge in [-0.2, -0.15) is 0 Å². The van der Waals surface area contributed by atoms with Gasteiger partial charge in [0, 0.05) is 11.6 Å². The van der Waals surface area contributed by atoms with Gasteiger partial charge in [-0.25, -0.2) is 0 Å². The van der Waals surface area contributed by atoms with E-state index in [4.69, 9.17) is 9.47 Å². The number of hydrogen-bond donors (Lipinski definition) is 1. The topological polar surface area (TPSA) is 90.7 Å². The van der Waals surface area contributed by atoms with E-state index in [-0.39, 0.29) is 34.9 Å². The van der Waals surface area contributed by atoms with Crippen LogP contribution in [-0.2, 0) is 0 Å². The highest BCUT2D eigenvalue weighted by Crippen LogP contribution is 2.29. The average molecular weight is 358 g/mol. The molecule has 0 saturated carbocycles. The third-order valence-electron chi connectivity index (χ3n) is 4.07. The van der Waals surface area contributed by atoms with Crippen LogP contribution in [0.5, 0.6) is 11.5 Å². The predicted octanol–water partition coefficient (Wildman–Crippen LogP) is 3.74. The van der Waals surface area contributed by atoms with Crippen LogP contribution in [-0.4, -0.2) is 25.1 Å². The molecular weight excluding hydrogens is 336 g/mol. The van der Waals surface area contributed by atoms with Crippen LogP contribution in [0.3, 0.4) is 0 Å². The van der Waals surface area contributed by atoms with E-state index < -0.39 is 4.92 Å². The van der Waals surface area contributed by atoms with E-state index in [9.17, 15) is 14.9 Å². The Morgan fingerprint density at radius 3 is 2.23 bits per heavy atom. The molecule has 1 amide bonds. The van der Waals surface area contributed by atoms with Crippen molar-refractivity contribution in [1.29, 1.82) is 0 Å². The van der Waals surface area contributed by atoms with Crippen molar-refractivity contribution in [1.82, 2.24) is 5.32 Å². The number of amides is 1. The summed E-state index contributed by atoms with van der Waals surface area (Å²) in [5, 5.41) is 14.1. The molecule has 0 unspecified atom stereocenters. The van der Waals surface area contributed by atoms with Crippen molar-refractivity contribution in [2.24, 2.45) is 5.92 Å². The van der Waals surface area contributed by atoms with Gasteiger partial charge in [-0.15, -0.1) is 0 Å². The second-order valence-electron chi connectivity index (χ2n) is 6.11. The number of nitro groups is 1. The Morgan fingerprint density at radius 2 is 1.73 bits per heavy atom. The van der Waals surface area contributed by atoms with Crippen LogP contribution in [0.4, 0.5) is 5.69 Å². The molecule has 2 rings (SSSR count). The van der Waals surface area contributed by atoms with E-state index >= 15 is 0 Å². The maximum atomic E-state index is 12.6. The van der Waals surface area contributed by atoms with E-state index in [1.165, 1.54) is 25.3 Å². The van der Waals surface area contributed by atoms with Crippen molar-refractivity contribution in [3.8, 4) is 11.5 Å².